The average Bonchev–Trinajstić information content (AvgIpc) is 2.86. The van der Waals surface area contributed by atoms with Gasteiger partial charge < -0.3 is 10.2 Å². The number of nitrogens with one attached hydrogen (secondary N) is 2. The van der Waals surface area contributed by atoms with E-state index < -0.39 is 0 Å². The number of aryl methyl sites for hydroxylation is 1. The highest BCUT2D eigenvalue weighted by atomic mass is 16.1. The van der Waals surface area contributed by atoms with E-state index in [4.69, 9.17) is 0 Å². The van der Waals surface area contributed by atoms with Crippen molar-refractivity contribution in [1.29, 1.82) is 0 Å². The van der Waals surface area contributed by atoms with Crippen LogP contribution in [-0.4, -0.2) is 35.2 Å². The lowest BCUT2D eigenvalue weighted by Crippen LogP contribution is -2.15. The van der Waals surface area contributed by atoms with Crippen molar-refractivity contribution >= 4 is 17.5 Å². The molecule has 6 nitrogen and oxygen atoms in total. The Morgan fingerprint density at radius 3 is 2.84 bits per heavy atom. The molecule has 0 saturated carbocycles. The van der Waals surface area contributed by atoms with Crippen LogP contribution in [0.2, 0.25) is 0 Å². The first-order valence-electron chi connectivity index (χ1n) is 6.09. The van der Waals surface area contributed by atoms with E-state index in [1.54, 1.807) is 18.3 Å². The highest BCUT2D eigenvalue weighted by Gasteiger charge is 2.10. The van der Waals surface area contributed by atoms with Gasteiger partial charge in [-0.25, -0.2) is 4.98 Å². The predicted molar refractivity (Wildman–Crippen MR) is 74.5 cm³/mol. The number of anilines is 2. The fraction of sp³-hybridized carbons (Fsp3) is 0.308. The maximum Gasteiger partial charge on any atom is 0.257 e. The molecule has 1 amide bonds. The molecule has 100 valence electrons. The Balaban J connectivity index is 2.13. The van der Waals surface area contributed by atoms with E-state index in [-0.39, 0.29) is 5.91 Å². The standard InChI is InChI=1S/C13H17N5O/c1-4-10-8-11(17-16-10)15-13(19)9-5-6-14-12(7-9)18(2)3/h5-8H,4H2,1-3H3,(H2,15,16,17,19). The lowest BCUT2D eigenvalue weighted by molar-refractivity contribution is 0.102. The number of amides is 1. The number of aromatic nitrogens is 3. The van der Waals surface area contributed by atoms with Gasteiger partial charge in [0.1, 0.15) is 5.82 Å². The third-order valence-electron chi connectivity index (χ3n) is 2.72. The molecule has 0 bridgehead atoms. The van der Waals surface area contributed by atoms with E-state index >= 15 is 0 Å². The second kappa shape index (κ2) is 5.51. The summed E-state index contributed by atoms with van der Waals surface area (Å²) in [6, 6.07) is 5.24. The van der Waals surface area contributed by atoms with Gasteiger partial charge in [0, 0.05) is 37.6 Å². The molecule has 0 saturated heterocycles. The fourth-order valence-electron chi connectivity index (χ4n) is 1.60. The molecule has 2 rings (SSSR count). The molecule has 2 heterocycles. The highest BCUT2D eigenvalue weighted by molar-refractivity contribution is 6.04. The normalized spacial score (nSPS) is 10.3. The van der Waals surface area contributed by atoms with Crippen molar-refractivity contribution in [2.45, 2.75) is 13.3 Å². The van der Waals surface area contributed by atoms with E-state index in [1.807, 2.05) is 32.0 Å². The van der Waals surface area contributed by atoms with Crippen LogP contribution in [0.25, 0.3) is 0 Å². The lowest BCUT2D eigenvalue weighted by Gasteiger charge is -2.11. The van der Waals surface area contributed by atoms with Crippen molar-refractivity contribution in [3.8, 4) is 0 Å². The first-order chi connectivity index (χ1) is 9.10. The summed E-state index contributed by atoms with van der Waals surface area (Å²) in [4.78, 5) is 18.1. The molecule has 0 spiro atoms. The van der Waals surface area contributed by atoms with Gasteiger partial charge in [-0.3, -0.25) is 9.89 Å². The van der Waals surface area contributed by atoms with E-state index in [9.17, 15) is 4.79 Å². The first-order valence-corrected chi connectivity index (χ1v) is 6.09. The van der Waals surface area contributed by atoms with Crippen LogP contribution in [0.15, 0.2) is 24.4 Å². The Morgan fingerprint density at radius 2 is 2.21 bits per heavy atom. The number of hydrogen-bond donors (Lipinski definition) is 2. The molecule has 2 aromatic heterocycles. The van der Waals surface area contributed by atoms with Gasteiger partial charge in [0.15, 0.2) is 5.82 Å². The Hall–Kier alpha value is -2.37. The van der Waals surface area contributed by atoms with Gasteiger partial charge in [-0.2, -0.15) is 5.10 Å². The maximum atomic E-state index is 12.1. The molecule has 0 atom stereocenters. The van der Waals surface area contributed by atoms with Crippen LogP contribution in [0, 0.1) is 0 Å². The summed E-state index contributed by atoms with van der Waals surface area (Å²) >= 11 is 0. The minimum absolute atomic E-state index is 0.195. The summed E-state index contributed by atoms with van der Waals surface area (Å²) in [6.45, 7) is 2.02. The highest BCUT2D eigenvalue weighted by Crippen LogP contribution is 2.12. The minimum atomic E-state index is -0.195. The number of carbonyl (C=O) groups is 1. The van der Waals surface area contributed by atoms with E-state index in [2.05, 4.69) is 20.5 Å². The van der Waals surface area contributed by atoms with Crippen LogP contribution >= 0.6 is 0 Å². The molecule has 0 aromatic carbocycles. The van der Waals surface area contributed by atoms with E-state index in [0.29, 0.717) is 11.4 Å². The number of aromatic amines is 1. The monoisotopic (exact) mass is 259 g/mol. The molecular weight excluding hydrogens is 242 g/mol. The topological polar surface area (TPSA) is 73.9 Å². The Kier molecular flexibility index (Phi) is 3.79. The lowest BCUT2D eigenvalue weighted by atomic mass is 10.2. The molecule has 6 heteroatoms. The molecule has 0 unspecified atom stereocenters. The van der Waals surface area contributed by atoms with Crippen LogP contribution in [0.3, 0.4) is 0 Å². The molecule has 0 radical (unpaired) electrons. The van der Waals surface area contributed by atoms with Gasteiger partial charge in [0.05, 0.1) is 0 Å². The number of pyridine rings is 1. The number of nitrogens with zero attached hydrogens (tertiary/aromatic N) is 3. The average molecular weight is 259 g/mol. The van der Waals surface area contributed by atoms with Crippen molar-refractivity contribution in [3.63, 3.8) is 0 Å². The van der Waals surface area contributed by atoms with Crippen LogP contribution in [0.4, 0.5) is 11.6 Å². The van der Waals surface area contributed by atoms with Gasteiger partial charge in [-0.05, 0) is 18.6 Å². The Morgan fingerprint density at radius 1 is 1.42 bits per heavy atom. The molecular formula is C13H17N5O. The van der Waals surface area contributed by atoms with Crippen LogP contribution < -0.4 is 10.2 Å². The van der Waals surface area contributed by atoms with Crippen molar-refractivity contribution in [1.82, 2.24) is 15.2 Å². The summed E-state index contributed by atoms with van der Waals surface area (Å²) < 4.78 is 0. The third kappa shape index (κ3) is 3.09. The van der Waals surface area contributed by atoms with E-state index in [1.165, 1.54) is 0 Å². The van der Waals surface area contributed by atoms with Gasteiger partial charge in [0.25, 0.3) is 5.91 Å². The smallest absolute Gasteiger partial charge is 0.257 e. The zero-order valence-corrected chi connectivity index (χ0v) is 11.3. The quantitative estimate of drug-likeness (QED) is 0.876. The maximum absolute atomic E-state index is 12.1. The van der Waals surface area contributed by atoms with Gasteiger partial charge in [-0.15, -0.1) is 0 Å². The Labute approximate surface area is 111 Å². The van der Waals surface area contributed by atoms with E-state index in [0.717, 1.165) is 17.9 Å². The van der Waals surface area contributed by atoms with Crippen molar-refractivity contribution in [2.75, 3.05) is 24.3 Å². The third-order valence-corrected chi connectivity index (χ3v) is 2.72. The molecule has 19 heavy (non-hydrogen) atoms. The number of hydrogen-bond acceptors (Lipinski definition) is 4. The van der Waals surface area contributed by atoms with Crippen molar-refractivity contribution in [3.05, 3.63) is 35.7 Å². The summed E-state index contributed by atoms with van der Waals surface area (Å²) in [5.41, 5.74) is 1.54. The zero-order chi connectivity index (χ0) is 13.8. The number of rotatable bonds is 4. The molecule has 0 fully saturated rings. The largest absolute Gasteiger partial charge is 0.363 e. The molecule has 0 aliphatic heterocycles. The van der Waals surface area contributed by atoms with Crippen LogP contribution in [0.5, 0.6) is 0 Å². The molecule has 2 aromatic rings. The number of carbonyl (C=O) groups excluding carboxylic acids is 1. The molecule has 2 N–H and O–H groups in total. The molecule has 0 aliphatic rings. The summed E-state index contributed by atoms with van der Waals surface area (Å²) in [6.07, 6.45) is 2.47. The van der Waals surface area contributed by atoms with Crippen LogP contribution in [-0.2, 0) is 6.42 Å². The minimum Gasteiger partial charge on any atom is -0.363 e. The van der Waals surface area contributed by atoms with Gasteiger partial charge in [0.2, 0.25) is 0 Å². The predicted octanol–water partition coefficient (Wildman–Crippen LogP) is 1.69. The van der Waals surface area contributed by atoms with Crippen LogP contribution in [0.1, 0.15) is 23.0 Å². The summed E-state index contributed by atoms with van der Waals surface area (Å²) in [5.74, 6) is 1.08. The SMILES string of the molecule is CCc1cc(NC(=O)c2ccnc(N(C)C)c2)n[nH]1. The van der Waals surface area contributed by atoms with Crippen molar-refractivity contribution < 1.29 is 4.79 Å². The number of H-pyrrole nitrogens is 1. The van der Waals surface area contributed by atoms with Gasteiger partial charge in [-0.1, -0.05) is 6.92 Å². The summed E-state index contributed by atoms with van der Waals surface area (Å²) in [7, 11) is 3.76. The second-order valence-electron chi connectivity index (χ2n) is 4.38. The Bertz CT molecular complexity index is 576. The van der Waals surface area contributed by atoms with Crippen molar-refractivity contribution in [2.24, 2.45) is 0 Å². The fourth-order valence-corrected chi connectivity index (χ4v) is 1.60. The summed E-state index contributed by atoms with van der Waals surface area (Å²) in [5, 5.41) is 9.64. The van der Waals surface area contributed by atoms with Gasteiger partial charge >= 0.3 is 0 Å². The zero-order valence-electron chi connectivity index (χ0n) is 11.3. The first kappa shape index (κ1) is 13.1. The second-order valence-corrected chi connectivity index (χ2v) is 4.38. The molecule has 0 aliphatic carbocycles.